The second-order valence-corrected chi connectivity index (χ2v) is 14.0. The number of halogens is 1. The summed E-state index contributed by atoms with van der Waals surface area (Å²) in [5.74, 6) is 1.78. The van der Waals surface area contributed by atoms with Gasteiger partial charge in [-0.2, -0.15) is 4.98 Å². The van der Waals surface area contributed by atoms with E-state index >= 15 is 4.39 Å². The van der Waals surface area contributed by atoms with Crippen molar-refractivity contribution in [2.75, 3.05) is 11.9 Å². The first-order valence-electron chi connectivity index (χ1n) is 19.2. The van der Waals surface area contributed by atoms with Crippen molar-refractivity contribution in [3.8, 4) is 34.4 Å². The molecule has 290 valence electrons. The van der Waals surface area contributed by atoms with Crippen LogP contribution in [0.2, 0.25) is 0 Å². The third kappa shape index (κ3) is 7.41. The number of aryl methyl sites for hydroxylation is 1. The highest BCUT2D eigenvalue weighted by Gasteiger charge is 2.42. The number of benzene rings is 5. The molecular weight excluding hydrogens is 730 g/mol. The van der Waals surface area contributed by atoms with Gasteiger partial charge < -0.3 is 23.9 Å². The molecule has 0 fully saturated rings. The molecule has 0 saturated heterocycles. The van der Waals surface area contributed by atoms with Crippen molar-refractivity contribution in [2.24, 2.45) is 0 Å². The molecule has 58 heavy (non-hydrogen) atoms. The maximum Gasteiger partial charge on any atom is 0.223 e. The van der Waals surface area contributed by atoms with Crippen LogP contribution in [0.25, 0.3) is 22.9 Å². The van der Waals surface area contributed by atoms with Gasteiger partial charge in [-0.05, 0) is 73.9 Å². The van der Waals surface area contributed by atoms with Crippen LogP contribution in [0.4, 0.5) is 10.1 Å². The quantitative estimate of drug-likeness (QED) is 0.108. The molecule has 0 aliphatic carbocycles. The summed E-state index contributed by atoms with van der Waals surface area (Å²) in [5, 5.41) is 7.77. The van der Waals surface area contributed by atoms with E-state index in [1.165, 1.54) is 0 Å². The van der Waals surface area contributed by atoms with Crippen LogP contribution in [0.15, 0.2) is 157 Å². The van der Waals surface area contributed by atoms with Crippen LogP contribution in [-0.4, -0.2) is 42.4 Å². The molecule has 0 spiro atoms. The lowest BCUT2D eigenvalue weighted by Crippen LogP contribution is -2.39. The van der Waals surface area contributed by atoms with Crippen LogP contribution in [0, 0.1) is 12.7 Å². The number of anilines is 1. The van der Waals surface area contributed by atoms with Gasteiger partial charge in [-0.25, -0.2) is 19.3 Å². The molecule has 0 radical (unpaired) electrons. The molecule has 3 aromatic heterocycles. The molecule has 3 heterocycles. The Morgan fingerprint density at radius 3 is 1.90 bits per heavy atom. The predicted molar refractivity (Wildman–Crippen MR) is 221 cm³/mol. The minimum absolute atomic E-state index is 0.0655. The summed E-state index contributed by atoms with van der Waals surface area (Å²) in [5.41, 5.74) is 4.03. The fraction of sp³-hybridized carbons (Fsp3) is 0.170. The minimum atomic E-state index is -1.04. The van der Waals surface area contributed by atoms with E-state index in [4.69, 9.17) is 19.0 Å². The molecule has 10 nitrogen and oxygen atoms in total. The van der Waals surface area contributed by atoms with Gasteiger partial charge in [0.1, 0.15) is 28.8 Å². The number of hydrogen-bond donors (Lipinski definition) is 1. The molecule has 0 bridgehead atoms. The lowest BCUT2D eigenvalue weighted by Gasteiger charge is -2.39. The second-order valence-electron chi connectivity index (χ2n) is 14.0. The van der Waals surface area contributed by atoms with Crippen molar-refractivity contribution in [1.29, 1.82) is 0 Å². The molecule has 0 aliphatic heterocycles. The fourth-order valence-electron chi connectivity index (χ4n) is 7.33. The Morgan fingerprint density at radius 2 is 1.36 bits per heavy atom. The SMILES string of the molecule is CCOc1cc(OC(C)C)c(F)c(C(Nc2ccc(-c3noc(C)n3)cc2)c2nc(-c3ncccn3)cn2C(c2ccccc2)(c2ccccc2)c2ccccc2)c1. The zero-order valence-corrected chi connectivity index (χ0v) is 32.6. The normalized spacial score (nSPS) is 12.0. The van der Waals surface area contributed by atoms with Crippen LogP contribution in [0.1, 0.15) is 60.8 Å². The monoisotopic (exact) mass is 771 g/mol. The molecule has 5 aromatic carbocycles. The maximum absolute atomic E-state index is 17.4. The molecular formula is C47H42FN7O3. The van der Waals surface area contributed by atoms with Crippen molar-refractivity contribution in [3.63, 3.8) is 0 Å². The predicted octanol–water partition coefficient (Wildman–Crippen LogP) is 10.1. The summed E-state index contributed by atoms with van der Waals surface area (Å²) in [6.45, 7) is 7.73. The Labute approximate surface area is 336 Å². The van der Waals surface area contributed by atoms with Gasteiger partial charge in [0.05, 0.1) is 12.7 Å². The molecule has 8 rings (SSSR count). The lowest BCUT2D eigenvalue weighted by atomic mass is 9.76. The van der Waals surface area contributed by atoms with Crippen LogP contribution < -0.4 is 14.8 Å². The van der Waals surface area contributed by atoms with E-state index in [1.807, 2.05) is 106 Å². The number of hydrogen-bond acceptors (Lipinski definition) is 9. The van der Waals surface area contributed by atoms with E-state index in [9.17, 15) is 0 Å². The van der Waals surface area contributed by atoms with Crippen molar-refractivity contribution in [2.45, 2.75) is 45.4 Å². The minimum Gasteiger partial charge on any atom is -0.494 e. The van der Waals surface area contributed by atoms with Crippen molar-refractivity contribution >= 4 is 5.69 Å². The number of imidazole rings is 1. The van der Waals surface area contributed by atoms with Gasteiger partial charge >= 0.3 is 0 Å². The Hall–Kier alpha value is -7.14. The Bertz CT molecular complexity index is 2480. The number of nitrogens with one attached hydrogen (secondary N) is 1. The summed E-state index contributed by atoms with van der Waals surface area (Å²) in [4.78, 5) is 19.0. The highest BCUT2D eigenvalue weighted by atomic mass is 19.1. The number of rotatable bonds is 14. The van der Waals surface area contributed by atoms with Gasteiger partial charge in [0.2, 0.25) is 11.7 Å². The smallest absolute Gasteiger partial charge is 0.223 e. The summed E-state index contributed by atoms with van der Waals surface area (Å²) in [6, 6.07) is 42.5. The van der Waals surface area contributed by atoms with Gasteiger partial charge in [-0.1, -0.05) is 96.2 Å². The van der Waals surface area contributed by atoms with E-state index < -0.39 is 17.4 Å². The molecule has 8 aromatic rings. The van der Waals surface area contributed by atoms with Gasteiger partial charge in [-0.3, -0.25) is 0 Å². The Kier molecular flexibility index (Phi) is 10.8. The number of nitrogens with zero attached hydrogens (tertiary/aromatic N) is 6. The zero-order chi connectivity index (χ0) is 40.1. The average molecular weight is 772 g/mol. The summed E-state index contributed by atoms with van der Waals surface area (Å²) < 4.78 is 36.9. The third-order valence-electron chi connectivity index (χ3n) is 9.73. The van der Waals surface area contributed by atoms with Gasteiger partial charge in [0.25, 0.3) is 0 Å². The molecule has 0 saturated carbocycles. The van der Waals surface area contributed by atoms with E-state index in [2.05, 4.69) is 66.4 Å². The molecule has 11 heteroatoms. The second kappa shape index (κ2) is 16.5. The summed E-state index contributed by atoms with van der Waals surface area (Å²) in [7, 11) is 0. The van der Waals surface area contributed by atoms with Crippen LogP contribution in [-0.2, 0) is 5.54 Å². The first kappa shape index (κ1) is 37.8. The molecule has 1 atom stereocenters. The molecule has 1 unspecified atom stereocenters. The third-order valence-corrected chi connectivity index (χ3v) is 9.73. The van der Waals surface area contributed by atoms with Crippen LogP contribution in [0.3, 0.4) is 0 Å². The van der Waals surface area contributed by atoms with E-state index in [-0.39, 0.29) is 17.4 Å². The van der Waals surface area contributed by atoms with Crippen molar-refractivity contribution < 1.29 is 18.4 Å². The van der Waals surface area contributed by atoms with Crippen LogP contribution >= 0.6 is 0 Å². The summed E-state index contributed by atoms with van der Waals surface area (Å²) in [6.07, 6.45) is 5.02. The standard InChI is InChI=1S/C47H42FN7O3/c1-5-56-38-28-39(42(48)41(29-38)57-31(2)3)43(52-37-24-22-33(23-25-37)44-51-32(4)58-54-44)46-53-40(45-49-26-15-27-50-45)30-55(46)47(34-16-9-6-10-17-34,35-18-11-7-12-19-35)36-20-13-8-14-21-36/h6-31,43,52H,5H2,1-4H3. The maximum atomic E-state index is 17.4. The topological polar surface area (TPSA) is 113 Å². The van der Waals surface area contributed by atoms with E-state index in [1.54, 1.807) is 37.5 Å². The molecule has 0 aliphatic rings. The number of aromatic nitrogens is 6. The average Bonchev–Trinajstić information content (AvgIpc) is 3.90. The Morgan fingerprint density at radius 1 is 0.759 bits per heavy atom. The highest BCUT2D eigenvalue weighted by Crippen LogP contribution is 2.45. The Balaban J connectivity index is 1.45. The lowest BCUT2D eigenvalue weighted by molar-refractivity contribution is 0.228. The first-order valence-corrected chi connectivity index (χ1v) is 19.2. The number of ether oxygens (including phenoxy) is 2. The summed E-state index contributed by atoms with van der Waals surface area (Å²) >= 11 is 0. The van der Waals surface area contributed by atoms with Crippen molar-refractivity contribution in [1.82, 2.24) is 29.7 Å². The first-order chi connectivity index (χ1) is 28.3. The highest BCUT2D eigenvalue weighted by molar-refractivity contribution is 5.62. The fourth-order valence-corrected chi connectivity index (χ4v) is 7.33. The van der Waals surface area contributed by atoms with Gasteiger partial charge in [-0.15, -0.1) is 0 Å². The zero-order valence-electron chi connectivity index (χ0n) is 32.6. The van der Waals surface area contributed by atoms with Crippen molar-refractivity contribution in [3.05, 3.63) is 192 Å². The molecule has 1 N–H and O–H groups in total. The largest absolute Gasteiger partial charge is 0.494 e. The van der Waals surface area contributed by atoms with Gasteiger partial charge in [0.15, 0.2) is 17.4 Å². The van der Waals surface area contributed by atoms with Crippen LogP contribution in [0.5, 0.6) is 11.5 Å². The molecule has 0 amide bonds. The van der Waals surface area contributed by atoms with Gasteiger partial charge in [0, 0.05) is 48.4 Å². The van der Waals surface area contributed by atoms with E-state index in [0.717, 1.165) is 22.3 Å². The van der Waals surface area contributed by atoms with E-state index in [0.29, 0.717) is 47.1 Å².